The molecule has 8 heteroatoms. The van der Waals surface area contributed by atoms with Crippen molar-refractivity contribution in [2.45, 2.75) is 12.5 Å². The van der Waals surface area contributed by atoms with E-state index in [4.69, 9.17) is 23.2 Å². The van der Waals surface area contributed by atoms with Gasteiger partial charge in [-0.1, -0.05) is 53.5 Å². The molecule has 2 heterocycles. The van der Waals surface area contributed by atoms with Crippen LogP contribution in [0.4, 0.5) is 0 Å². The van der Waals surface area contributed by atoms with Crippen LogP contribution < -0.4 is 10.9 Å². The molecular weight excluding hydrogens is 507 g/mol. The average Bonchev–Trinajstić information content (AvgIpc) is 3.31. The highest BCUT2D eigenvalue weighted by molar-refractivity contribution is 6.31. The Morgan fingerprint density at radius 2 is 1.65 bits per heavy atom. The number of halogens is 2. The predicted molar refractivity (Wildman–Crippen MR) is 148 cm³/mol. The van der Waals surface area contributed by atoms with E-state index >= 15 is 0 Å². The largest absolute Gasteiger partial charge is 0.337 e. The summed E-state index contributed by atoms with van der Waals surface area (Å²) < 4.78 is 3.49. The molecule has 0 saturated carbocycles. The summed E-state index contributed by atoms with van der Waals surface area (Å²) in [6, 6.07) is 22.3. The summed E-state index contributed by atoms with van der Waals surface area (Å²) in [7, 11) is 3.63. The standard InChI is InChI=1S/C29H24Cl2N4O2/c1-18(36)33-29(27-16-32-17-34(27)2,20-7-10-22(30)11-8-20)21-9-12-26-25(14-21)24(15-28(37)35(26)3)19-5-4-6-23(31)13-19/h4-17H,1-3H3,(H,33,36). The summed E-state index contributed by atoms with van der Waals surface area (Å²) >= 11 is 12.5. The number of nitrogens with zero attached hydrogens (tertiary/aromatic N) is 3. The van der Waals surface area contributed by atoms with Crippen molar-refractivity contribution in [1.29, 1.82) is 0 Å². The molecule has 0 spiro atoms. The number of nitrogens with one attached hydrogen (secondary N) is 1. The monoisotopic (exact) mass is 530 g/mol. The minimum Gasteiger partial charge on any atom is -0.337 e. The number of carbonyl (C=O) groups excluding carboxylic acids is 1. The van der Waals surface area contributed by atoms with Gasteiger partial charge in [-0.15, -0.1) is 0 Å². The van der Waals surface area contributed by atoms with Crippen molar-refractivity contribution in [3.05, 3.63) is 123 Å². The Labute approximate surface area is 224 Å². The predicted octanol–water partition coefficient (Wildman–Crippen LogP) is 5.67. The number of fused-ring (bicyclic) bond motifs is 1. The van der Waals surface area contributed by atoms with Crippen LogP contribution in [0.5, 0.6) is 0 Å². The van der Waals surface area contributed by atoms with Gasteiger partial charge >= 0.3 is 0 Å². The molecule has 0 bridgehead atoms. The average molecular weight is 531 g/mol. The molecule has 5 aromatic rings. The van der Waals surface area contributed by atoms with Gasteiger partial charge in [0.25, 0.3) is 5.56 Å². The van der Waals surface area contributed by atoms with Gasteiger partial charge < -0.3 is 14.5 Å². The van der Waals surface area contributed by atoms with Gasteiger partial charge in [0.2, 0.25) is 5.91 Å². The Hall–Kier alpha value is -3.87. The van der Waals surface area contributed by atoms with E-state index < -0.39 is 5.54 Å². The number of amides is 1. The lowest BCUT2D eigenvalue weighted by Gasteiger charge is -2.36. The second-order valence-corrected chi connectivity index (χ2v) is 9.90. The first-order chi connectivity index (χ1) is 17.7. The van der Waals surface area contributed by atoms with Crippen LogP contribution in [0.1, 0.15) is 23.7 Å². The van der Waals surface area contributed by atoms with Crippen LogP contribution >= 0.6 is 23.2 Å². The summed E-state index contributed by atoms with van der Waals surface area (Å²) in [4.78, 5) is 30.0. The van der Waals surface area contributed by atoms with Gasteiger partial charge in [0.1, 0.15) is 5.54 Å². The van der Waals surface area contributed by atoms with Gasteiger partial charge in [-0.3, -0.25) is 9.59 Å². The molecule has 0 aliphatic heterocycles. The van der Waals surface area contributed by atoms with Crippen LogP contribution in [0.15, 0.2) is 90.1 Å². The number of carbonyl (C=O) groups is 1. The Kier molecular flexibility index (Phi) is 6.40. The van der Waals surface area contributed by atoms with E-state index in [0.29, 0.717) is 10.0 Å². The second-order valence-electron chi connectivity index (χ2n) is 9.03. The number of benzene rings is 3. The van der Waals surface area contributed by atoms with Gasteiger partial charge in [0, 0.05) is 42.5 Å². The molecule has 0 saturated heterocycles. The quantitative estimate of drug-likeness (QED) is 0.318. The molecule has 3 aromatic carbocycles. The molecular formula is C29H24Cl2N4O2. The number of hydrogen-bond acceptors (Lipinski definition) is 3. The molecule has 0 radical (unpaired) electrons. The van der Waals surface area contributed by atoms with E-state index in [2.05, 4.69) is 10.3 Å². The van der Waals surface area contributed by atoms with Crippen molar-refractivity contribution >= 4 is 40.0 Å². The van der Waals surface area contributed by atoms with Gasteiger partial charge in [-0.25, -0.2) is 4.98 Å². The van der Waals surface area contributed by atoms with E-state index in [9.17, 15) is 9.59 Å². The van der Waals surface area contributed by atoms with Gasteiger partial charge in [-0.05, 0) is 58.7 Å². The minimum atomic E-state index is -1.09. The maximum atomic E-state index is 12.9. The maximum absolute atomic E-state index is 12.9. The first-order valence-corrected chi connectivity index (χ1v) is 12.4. The van der Waals surface area contributed by atoms with E-state index in [-0.39, 0.29) is 11.5 Å². The molecule has 1 atom stereocenters. The zero-order valence-corrected chi connectivity index (χ0v) is 22.0. The lowest BCUT2D eigenvalue weighted by Crippen LogP contribution is -2.48. The molecule has 0 fully saturated rings. The summed E-state index contributed by atoms with van der Waals surface area (Å²) in [6.07, 6.45) is 3.44. The third kappa shape index (κ3) is 4.32. The molecule has 1 amide bonds. The van der Waals surface area contributed by atoms with Crippen molar-refractivity contribution in [3.8, 4) is 11.1 Å². The third-order valence-electron chi connectivity index (χ3n) is 6.66. The molecule has 186 valence electrons. The van der Waals surface area contributed by atoms with Crippen LogP contribution in [0.25, 0.3) is 22.0 Å². The smallest absolute Gasteiger partial charge is 0.251 e. The minimum absolute atomic E-state index is 0.132. The molecule has 37 heavy (non-hydrogen) atoms. The fourth-order valence-electron chi connectivity index (χ4n) is 4.94. The Bertz CT molecular complexity index is 1710. The zero-order valence-electron chi connectivity index (χ0n) is 20.5. The highest BCUT2D eigenvalue weighted by Gasteiger charge is 2.40. The molecule has 0 aliphatic carbocycles. The summed E-state index contributed by atoms with van der Waals surface area (Å²) in [6.45, 7) is 1.49. The SMILES string of the molecule is CC(=O)NC(c1ccc(Cl)cc1)(c1ccc2c(c1)c(-c1cccc(Cl)c1)cc(=O)n2C)c1cncn1C. The topological polar surface area (TPSA) is 68.9 Å². The fourth-order valence-corrected chi connectivity index (χ4v) is 5.26. The van der Waals surface area contributed by atoms with E-state index in [0.717, 1.165) is 38.9 Å². The second kappa shape index (κ2) is 9.54. The van der Waals surface area contributed by atoms with Gasteiger partial charge in [-0.2, -0.15) is 0 Å². The summed E-state index contributed by atoms with van der Waals surface area (Å²) in [5.41, 5.74) is 3.48. The molecule has 0 aliphatic rings. The fraction of sp³-hybridized carbons (Fsp3) is 0.138. The van der Waals surface area contributed by atoms with Gasteiger partial charge in [0.15, 0.2) is 0 Å². The highest BCUT2D eigenvalue weighted by Crippen LogP contribution is 2.40. The zero-order chi connectivity index (χ0) is 26.3. The van der Waals surface area contributed by atoms with Crippen molar-refractivity contribution in [2.75, 3.05) is 0 Å². The normalized spacial score (nSPS) is 12.9. The first-order valence-electron chi connectivity index (χ1n) is 11.6. The third-order valence-corrected chi connectivity index (χ3v) is 7.14. The van der Waals surface area contributed by atoms with E-state index in [1.165, 1.54) is 6.92 Å². The maximum Gasteiger partial charge on any atom is 0.251 e. The van der Waals surface area contributed by atoms with Crippen LogP contribution in [0.3, 0.4) is 0 Å². The van der Waals surface area contributed by atoms with Crippen molar-refractivity contribution in [1.82, 2.24) is 19.4 Å². The van der Waals surface area contributed by atoms with E-state index in [1.807, 2.05) is 60.1 Å². The number of imidazole rings is 1. The first kappa shape index (κ1) is 24.8. The van der Waals surface area contributed by atoms with E-state index in [1.54, 1.807) is 48.4 Å². The number of aryl methyl sites for hydroxylation is 2. The molecule has 5 rings (SSSR count). The Balaban J connectivity index is 1.90. The Morgan fingerprint density at radius 1 is 0.919 bits per heavy atom. The van der Waals surface area contributed by atoms with Gasteiger partial charge in [0.05, 0.1) is 23.7 Å². The highest BCUT2D eigenvalue weighted by atomic mass is 35.5. The number of aromatic nitrogens is 3. The molecule has 1 N–H and O–H groups in total. The van der Waals surface area contributed by atoms with Crippen LogP contribution in [0, 0.1) is 0 Å². The lowest BCUT2D eigenvalue weighted by molar-refractivity contribution is -0.120. The molecule has 6 nitrogen and oxygen atoms in total. The summed E-state index contributed by atoms with van der Waals surface area (Å²) in [5.74, 6) is -0.216. The number of hydrogen-bond donors (Lipinski definition) is 1. The summed E-state index contributed by atoms with van der Waals surface area (Å²) in [5, 5.41) is 5.22. The molecule has 2 aromatic heterocycles. The van der Waals surface area contributed by atoms with Crippen molar-refractivity contribution < 1.29 is 4.79 Å². The van der Waals surface area contributed by atoms with Crippen LogP contribution in [-0.2, 0) is 24.4 Å². The Morgan fingerprint density at radius 3 is 2.30 bits per heavy atom. The molecule has 1 unspecified atom stereocenters. The lowest BCUT2D eigenvalue weighted by atomic mass is 9.79. The number of pyridine rings is 1. The van der Waals surface area contributed by atoms with Crippen LogP contribution in [0.2, 0.25) is 10.0 Å². The number of rotatable bonds is 5. The van der Waals surface area contributed by atoms with Crippen molar-refractivity contribution in [3.63, 3.8) is 0 Å². The van der Waals surface area contributed by atoms with Crippen molar-refractivity contribution in [2.24, 2.45) is 14.1 Å². The van der Waals surface area contributed by atoms with Crippen LogP contribution in [-0.4, -0.2) is 20.0 Å².